The third kappa shape index (κ3) is 3.36. The standard InChI is InChI=1S/C19H26Cl2N4O3S/c1-12-10-24(6-7-25(12)17-22-15(20)9-16(21)23-17)29(27,28)11-19-5-4-13(8-14(19)26)18(19,2)3/h9,12-13H,4-8,10-11H2,1-3H3/t12-,13+,19-/m0/s1. The summed E-state index contributed by atoms with van der Waals surface area (Å²) in [6, 6.07) is 1.32. The smallest absolute Gasteiger partial charge is 0.228 e. The molecule has 2 aliphatic carbocycles. The molecule has 0 radical (unpaired) electrons. The number of hydrogen-bond donors (Lipinski definition) is 0. The number of fused-ring (bicyclic) bond motifs is 2. The highest BCUT2D eigenvalue weighted by atomic mass is 35.5. The number of halogens is 2. The monoisotopic (exact) mass is 460 g/mol. The number of ketones is 1. The molecule has 3 aliphatic rings. The quantitative estimate of drug-likeness (QED) is 0.641. The van der Waals surface area contributed by atoms with Crippen LogP contribution in [0.4, 0.5) is 5.95 Å². The van der Waals surface area contributed by atoms with Crippen LogP contribution in [0.25, 0.3) is 0 Å². The van der Waals surface area contributed by atoms with Gasteiger partial charge in [0.25, 0.3) is 0 Å². The van der Waals surface area contributed by atoms with Gasteiger partial charge in [-0.05, 0) is 31.1 Å². The molecule has 0 spiro atoms. The largest absolute Gasteiger partial charge is 0.335 e. The number of carbonyl (C=O) groups is 1. The number of carbonyl (C=O) groups excluding carboxylic acids is 1. The fraction of sp³-hybridized carbons (Fsp3) is 0.737. The molecule has 29 heavy (non-hydrogen) atoms. The number of Topliss-reactive ketones (excluding diaryl/α,β-unsaturated/α-hetero) is 1. The second-order valence-electron chi connectivity index (χ2n) is 9.14. The number of hydrogen-bond acceptors (Lipinski definition) is 6. The molecule has 1 aliphatic heterocycles. The summed E-state index contributed by atoms with van der Waals surface area (Å²) >= 11 is 12.0. The SMILES string of the molecule is C[C@H]1CN(S(=O)(=O)C[C@@]23CC[C@H](CC2=O)C3(C)C)CCN1c1nc(Cl)cc(Cl)n1. The van der Waals surface area contributed by atoms with E-state index in [0.717, 1.165) is 6.42 Å². The average molecular weight is 461 g/mol. The summed E-state index contributed by atoms with van der Waals surface area (Å²) in [7, 11) is -3.58. The van der Waals surface area contributed by atoms with E-state index >= 15 is 0 Å². The normalized spacial score (nSPS) is 32.2. The maximum atomic E-state index is 13.3. The fourth-order valence-electron chi connectivity index (χ4n) is 5.49. The molecule has 2 bridgehead atoms. The van der Waals surface area contributed by atoms with Crippen LogP contribution >= 0.6 is 23.2 Å². The molecule has 2 heterocycles. The van der Waals surface area contributed by atoms with Gasteiger partial charge in [0.1, 0.15) is 16.1 Å². The van der Waals surface area contributed by atoms with E-state index in [-0.39, 0.29) is 33.3 Å². The van der Waals surface area contributed by atoms with Crippen LogP contribution in [-0.2, 0) is 14.8 Å². The van der Waals surface area contributed by atoms with Crippen molar-refractivity contribution in [1.29, 1.82) is 0 Å². The van der Waals surface area contributed by atoms with Crippen molar-refractivity contribution in [3.8, 4) is 0 Å². The molecule has 0 amide bonds. The molecule has 3 atom stereocenters. The van der Waals surface area contributed by atoms with Crippen LogP contribution in [0.15, 0.2) is 6.07 Å². The fourth-order valence-corrected chi connectivity index (χ4v) is 8.19. The van der Waals surface area contributed by atoms with E-state index in [1.54, 1.807) is 0 Å². The molecule has 3 fully saturated rings. The van der Waals surface area contributed by atoms with Crippen molar-refractivity contribution in [3.63, 3.8) is 0 Å². The van der Waals surface area contributed by atoms with Crippen molar-refractivity contribution >= 4 is 45.0 Å². The second-order valence-corrected chi connectivity index (χ2v) is 11.9. The zero-order chi connectivity index (χ0) is 21.2. The van der Waals surface area contributed by atoms with E-state index in [0.29, 0.717) is 44.3 Å². The summed E-state index contributed by atoms with van der Waals surface area (Å²) in [5.41, 5.74) is -1.02. The highest BCUT2D eigenvalue weighted by Crippen LogP contribution is 2.64. The number of nitrogens with zero attached hydrogens (tertiary/aromatic N) is 4. The molecule has 1 aromatic rings. The average Bonchev–Trinajstić information content (AvgIpc) is 2.94. The Labute approximate surface area is 181 Å². The van der Waals surface area contributed by atoms with E-state index in [4.69, 9.17) is 23.2 Å². The third-order valence-corrected chi connectivity index (χ3v) is 9.82. The minimum atomic E-state index is -3.58. The van der Waals surface area contributed by atoms with Gasteiger partial charge in [-0.25, -0.2) is 18.4 Å². The minimum absolute atomic E-state index is 0.0887. The Kier molecular flexibility index (Phi) is 5.16. The summed E-state index contributed by atoms with van der Waals surface area (Å²) in [4.78, 5) is 23.1. The van der Waals surface area contributed by atoms with Gasteiger partial charge < -0.3 is 4.90 Å². The molecule has 4 rings (SSSR count). The van der Waals surface area contributed by atoms with E-state index in [1.165, 1.54) is 10.4 Å². The molecule has 1 saturated heterocycles. The first-order valence-corrected chi connectivity index (χ1v) is 12.3. The van der Waals surface area contributed by atoms with Gasteiger partial charge in [-0.1, -0.05) is 37.0 Å². The Hall–Kier alpha value is -0.960. The lowest BCUT2D eigenvalue weighted by molar-refractivity contribution is -0.128. The Balaban J connectivity index is 1.52. The van der Waals surface area contributed by atoms with Crippen LogP contribution in [0.2, 0.25) is 10.3 Å². The van der Waals surface area contributed by atoms with Crippen LogP contribution in [0.5, 0.6) is 0 Å². The van der Waals surface area contributed by atoms with Crippen molar-refractivity contribution in [2.24, 2.45) is 16.7 Å². The second kappa shape index (κ2) is 7.04. The zero-order valence-corrected chi connectivity index (χ0v) is 19.2. The maximum absolute atomic E-state index is 13.3. The maximum Gasteiger partial charge on any atom is 0.228 e. The molecular formula is C19H26Cl2N4O3S. The van der Waals surface area contributed by atoms with Gasteiger partial charge in [-0.2, -0.15) is 4.31 Å². The molecule has 0 aromatic carbocycles. The Morgan fingerprint density at radius 1 is 1.21 bits per heavy atom. The highest BCUT2D eigenvalue weighted by molar-refractivity contribution is 7.89. The van der Waals surface area contributed by atoms with Gasteiger partial charge in [0.2, 0.25) is 16.0 Å². The van der Waals surface area contributed by atoms with Crippen LogP contribution in [0, 0.1) is 16.7 Å². The first-order chi connectivity index (χ1) is 13.5. The lowest BCUT2D eigenvalue weighted by atomic mass is 9.70. The van der Waals surface area contributed by atoms with Crippen molar-refractivity contribution in [2.75, 3.05) is 30.3 Å². The molecule has 2 saturated carbocycles. The molecule has 0 N–H and O–H groups in total. The summed E-state index contributed by atoms with van der Waals surface area (Å²) < 4.78 is 28.2. The van der Waals surface area contributed by atoms with E-state index in [9.17, 15) is 13.2 Å². The van der Waals surface area contributed by atoms with Crippen LogP contribution in [-0.4, -0.2) is 59.9 Å². The molecule has 160 valence electrons. The molecule has 7 nitrogen and oxygen atoms in total. The predicted octanol–water partition coefficient (Wildman–Crippen LogP) is 3.02. The number of sulfonamides is 1. The van der Waals surface area contributed by atoms with Crippen LogP contribution in [0.1, 0.15) is 40.0 Å². The summed E-state index contributed by atoms with van der Waals surface area (Å²) in [6.45, 7) is 7.11. The van der Waals surface area contributed by atoms with Gasteiger partial charge in [0.15, 0.2) is 0 Å². The Morgan fingerprint density at radius 3 is 2.38 bits per heavy atom. The lowest BCUT2D eigenvalue weighted by Crippen LogP contribution is -2.56. The van der Waals surface area contributed by atoms with Crippen molar-refractivity contribution in [1.82, 2.24) is 14.3 Å². The van der Waals surface area contributed by atoms with Crippen molar-refractivity contribution in [2.45, 2.75) is 46.1 Å². The lowest BCUT2D eigenvalue weighted by Gasteiger charge is -2.42. The number of piperazine rings is 1. The molecule has 10 heteroatoms. The Morgan fingerprint density at radius 2 is 1.86 bits per heavy atom. The van der Waals surface area contributed by atoms with Gasteiger partial charge in [-0.3, -0.25) is 4.79 Å². The first-order valence-electron chi connectivity index (χ1n) is 9.94. The summed E-state index contributed by atoms with van der Waals surface area (Å²) in [5, 5.41) is 0.498. The molecule has 0 unspecified atom stereocenters. The van der Waals surface area contributed by atoms with E-state index < -0.39 is 15.4 Å². The topological polar surface area (TPSA) is 83.5 Å². The van der Waals surface area contributed by atoms with Gasteiger partial charge in [-0.15, -0.1) is 0 Å². The Bertz CT molecular complexity index is 935. The highest BCUT2D eigenvalue weighted by Gasteiger charge is 2.65. The summed E-state index contributed by atoms with van der Waals surface area (Å²) in [5.74, 6) is 0.729. The first kappa shape index (κ1) is 21.3. The summed E-state index contributed by atoms with van der Waals surface area (Å²) in [6.07, 6.45) is 2.12. The molecule has 1 aromatic heterocycles. The minimum Gasteiger partial charge on any atom is -0.335 e. The van der Waals surface area contributed by atoms with Crippen LogP contribution < -0.4 is 4.90 Å². The third-order valence-electron chi connectivity index (χ3n) is 7.46. The van der Waals surface area contributed by atoms with Gasteiger partial charge in [0.05, 0.1) is 5.75 Å². The predicted molar refractivity (Wildman–Crippen MR) is 113 cm³/mol. The number of aromatic nitrogens is 2. The van der Waals surface area contributed by atoms with Gasteiger partial charge >= 0.3 is 0 Å². The van der Waals surface area contributed by atoms with E-state index in [1.807, 2.05) is 11.8 Å². The zero-order valence-electron chi connectivity index (χ0n) is 16.9. The van der Waals surface area contributed by atoms with Crippen molar-refractivity contribution in [3.05, 3.63) is 16.4 Å². The van der Waals surface area contributed by atoms with Gasteiger partial charge in [0, 0.05) is 43.6 Å². The van der Waals surface area contributed by atoms with E-state index in [2.05, 4.69) is 23.8 Å². The van der Waals surface area contributed by atoms with Crippen LogP contribution in [0.3, 0.4) is 0 Å². The molecular weight excluding hydrogens is 435 g/mol. The van der Waals surface area contributed by atoms with Crippen molar-refractivity contribution < 1.29 is 13.2 Å². The number of anilines is 1. The number of rotatable bonds is 4.